The zero-order valence-corrected chi connectivity index (χ0v) is 11.1. The molecule has 2 nitrogen and oxygen atoms in total. The third-order valence-electron chi connectivity index (χ3n) is 3.71. The molecule has 3 rings (SSSR count). The van der Waals surface area contributed by atoms with Crippen LogP contribution in [0.4, 0.5) is 0 Å². The van der Waals surface area contributed by atoms with Gasteiger partial charge in [0.1, 0.15) is 0 Å². The minimum absolute atomic E-state index is 0.0646. The van der Waals surface area contributed by atoms with Crippen LogP contribution in [-0.2, 0) is 4.79 Å². The predicted molar refractivity (Wildman–Crippen MR) is 67.5 cm³/mol. The van der Waals surface area contributed by atoms with Crippen molar-refractivity contribution in [3.8, 4) is 0 Å². The number of carboxylic acid groups (broad SMARTS) is 1. The summed E-state index contributed by atoms with van der Waals surface area (Å²) in [7, 11) is 0. The summed E-state index contributed by atoms with van der Waals surface area (Å²) >= 11 is 0.221. The minimum atomic E-state index is -0.616. The third kappa shape index (κ3) is 1.84. The third-order valence-corrected chi connectivity index (χ3v) is 6.80. The van der Waals surface area contributed by atoms with E-state index in [9.17, 15) is 9.90 Å². The van der Waals surface area contributed by atoms with Crippen molar-refractivity contribution in [1.82, 2.24) is 0 Å². The number of carboxylic acids is 1. The molecule has 3 unspecified atom stereocenters. The second-order valence-electron chi connectivity index (χ2n) is 4.82. The summed E-state index contributed by atoms with van der Waals surface area (Å²) in [6.45, 7) is 0. The zero-order chi connectivity index (χ0) is 11.9. The molecule has 0 saturated heterocycles. The SMILES string of the molecule is O=C(O)C1CC2C=CC1([Se]c1ccccc1)C2. The molecule has 0 heterocycles. The Bertz CT molecular complexity index is 468. The van der Waals surface area contributed by atoms with Crippen LogP contribution in [0.2, 0.25) is 4.31 Å². The Labute approximate surface area is 107 Å². The monoisotopic (exact) mass is 294 g/mol. The van der Waals surface area contributed by atoms with Crippen molar-refractivity contribution in [2.45, 2.75) is 17.2 Å². The molecule has 0 aromatic heterocycles. The fourth-order valence-electron chi connectivity index (χ4n) is 2.93. The summed E-state index contributed by atoms with van der Waals surface area (Å²) in [6.07, 6.45) is 6.29. The average Bonchev–Trinajstić information content (AvgIpc) is 2.87. The number of aliphatic carboxylic acids is 1. The van der Waals surface area contributed by atoms with Gasteiger partial charge in [0.2, 0.25) is 0 Å². The van der Waals surface area contributed by atoms with E-state index in [0.29, 0.717) is 5.92 Å². The molecule has 3 heteroatoms. The van der Waals surface area contributed by atoms with Gasteiger partial charge in [0, 0.05) is 0 Å². The maximum absolute atomic E-state index is 11.4. The molecule has 2 aliphatic carbocycles. The average molecular weight is 293 g/mol. The molecule has 0 spiro atoms. The van der Waals surface area contributed by atoms with Crippen molar-refractivity contribution in [2.75, 3.05) is 0 Å². The normalized spacial score (nSPS) is 34.1. The van der Waals surface area contributed by atoms with Crippen molar-refractivity contribution in [3.05, 3.63) is 42.5 Å². The summed E-state index contributed by atoms with van der Waals surface area (Å²) in [4.78, 5) is 11.4. The van der Waals surface area contributed by atoms with E-state index in [-0.39, 0.29) is 25.2 Å². The first-order chi connectivity index (χ1) is 8.20. The molecule has 0 radical (unpaired) electrons. The Morgan fingerprint density at radius 1 is 1.35 bits per heavy atom. The first-order valence-corrected chi connectivity index (χ1v) is 7.57. The van der Waals surface area contributed by atoms with E-state index in [1.54, 1.807) is 0 Å². The Morgan fingerprint density at radius 2 is 2.12 bits per heavy atom. The molecule has 2 aliphatic rings. The molecular weight excluding hydrogens is 279 g/mol. The first kappa shape index (κ1) is 11.1. The first-order valence-electron chi connectivity index (χ1n) is 5.86. The summed E-state index contributed by atoms with van der Waals surface area (Å²) in [5.74, 6) is -0.283. The van der Waals surface area contributed by atoms with Crippen LogP contribution in [0, 0.1) is 11.8 Å². The second kappa shape index (κ2) is 4.01. The topological polar surface area (TPSA) is 37.3 Å². The van der Waals surface area contributed by atoms with Gasteiger partial charge in [0.25, 0.3) is 0 Å². The molecule has 2 bridgehead atoms. The summed E-state index contributed by atoms with van der Waals surface area (Å²) in [5.41, 5.74) is 0. The van der Waals surface area contributed by atoms with Gasteiger partial charge in [0.05, 0.1) is 0 Å². The number of hydrogen-bond acceptors (Lipinski definition) is 1. The van der Waals surface area contributed by atoms with Crippen LogP contribution < -0.4 is 4.46 Å². The molecule has 1 saturated carbocycles. The number of allylic oxidation sites excluding steroid dienone is 2. The molecule has 3 atom stereocenters. The summed E-state index contributed by atoms with van der Waals surface area (Å²) in [6, 6.07) is 10.3. The van der Waals surface area contributed by atoms with Crippen molar-refractivity contribution in [2.24, 2.45) is 11.8 Å². The molecule has 0 aliphatic heterocycles. The molecule has 1 aromatic rings. The molecule has 1 fully saturated rings. The molecule has 1 N–H and O–H groups in total. The van der Waals surface area contributed by atoms with Crippen LogP contribution in [0.5, 0.6) is 0 Å². The van der Waals surface area contributed by atoms with E-state index < -0.39 is 5.97 Å². The Balaban J connectivity index is 1.90. The molecule has 17 heavy (non-hydrogen) atoms. The standard InChI is InChI=1S/C14H14O2Se/c15-13(16)12-8-10-6-7-14(12,9-10)17-11-4-2-1-3-5-11/h1-7,10,12H,8-9H2,(H,15,16). The fourth-order valence-corrected chi connectivity index (χ4v) is 6.11. The van der Waals surface area contributed by atoms with Crippen molar-refractivity contribution >= 4 is 25.4 Å². The number of benzene rings is 1. The van der Waals surface area contributed by atoms with E-state index >= 15 is 0 Å². The summed E-state index contributed by atoms with van der Waals surface area (Å²) in [5, 5.41) is 9.35. The van der Waals surface area contributed by atoms with Gasteiger partial charge in [-0.2, -0.15) is 0 Å². The number of carbonyl (C=O) groups is 1. The molecular formula is C14H14O2Se. The fraction of sp³-hybridized carbons (Fsp3) is 0.357. The molecule has 1 aromatic carbocycles. The van der Waals surface area contributed by atoms with Gasteiger partial charge in [-0.25, -0.2) is 0 Å². The number of fused-ring (bicyclic) bond motifs is 2. The van der Waals surface area contributed by atoms with Gasteiger partial charge in [-0.1, -0.05) is 0 Å². The van der Waals surface area contributed by atoms with E-state index in [4.69, 9.17) is 0 Å². The van der Waals surface area contributed by atoms with Crippen LogP contribution in [-0.4, -0.2) is 26.0 Å². The zero-order valence-electron chi connectivity index (χ0n) is 9.37. The van der Waals surface area contributed by atoms with Crippen molar-refractivity contribution in [3.63, 3.8) is 0 Å². The number of rotatable bonds is 3. The van der Waals surface area contributed by atoms with Crippen LogP contribution in [0.3, 0.4) is 0 Å². The van der Waals surface area contributed by atoms with Crippen LogP contribution in [0.1, 0.15) is 12.8 Å². The Kier molecular flexibility index (Phi) is 2.61. The van der Waals surface area contributed by atoms with Gasteiger partial charge < -0.3 is 0 Å². The van der Waals surface area contributed by atoms with Crippen LogP contribution in [0.15, 0.2) is 42.5 Å². The summed E-state index contributed by atoms with van der Waals surface area (Å²) < 4.78 is 1.24. The van der Waals surface area contributed by atoms with Crippen LogP contribution >= 0.6 is 0 Å². The van der Waals surface area contributed by atoms with Crippen molar-refractivity contribution < 1.29 is 9.90 Å². The Hall–Kier alpha value is -1.05. The van der Waals surface area contributed by atoms with Gasteiger partial charge >= 0.3 is 107 Å². The van der Waals surface area contributed by atoms with Gasteiger partial charge in [-0.3, -0.25) is 0 Å². The molecule has 88 valence electrons. The van der Waals surface area contributed by atoms with E-state index in [0.717, 1.165) is 12.8 Å². The van der Waals surface area contributed by atoms with Gasteiger partial charge in [-0.05, 0) is 0 Å². The van der Waals surface area contributed by atoms with Gasteiger partial charge in [-0.15, -0.1) is 0 Å². The molecule has 0 amide bonds. The van der Waals surface area contributed by atoms with E-state index in [1.165, 1.54) is 4.46 Å². The maximum atomic E-state index is 11.4. The van der Waals surface area contributed by atoms with E-state index in [2.05, 4.69) is 24.3 Å². The van der Waals surface area contributed by atoms with Crippen molar-refractivity contribution in [1.29, 1.82) is 0 Å². The number of hydrogen-bond donors (Lipinski definition) is 1. The predicted octanol–water partition coefficient (Wildman–Crippen LogP) is 1.86. The van der Waals surface area contributed by atoms with E-state index in [1.807, 2.05) is 18.2 Å². The quantitative estimate of drug-likeness (QED) is 0.682. The Morgan fingerprint density at radius 3 is 2.76 bits per heavy atom. The van der Waals surface area contributed by atoms with Crippen LogP contribution in [0.25, 0.3) is 0 Å². The second-order valence-corrected chi connectivity index (χ2v) is 7.83. The van der Waals surface area contributed by atoms with Gasteiger partial charge in [0.15, 0.2) is 0 Å².